The lowest BCUT2D eigenvalue weighted by molar-refractivity contribution is 0.0680. The Balaban J connectivity index is 2.23. The second-order valence-corrected chi connectivity index (χ2v) is 4.05. The van der Waals surface area contributed by atoms with Gasteiger partial charge in [0.2, 0.25) is 0 Å². The van der Waals surface area contributed by atoms with Crippen molar-refractivity contribution in [3.63, 3.8) is 0 Å². The van der Waals surface area contributed by atoms with Crippen LogP contribution >= 0.6 is 11.6 Å². The van der Waals surface area contributed by atoms with Crippen molar-refractivity contribution >= 4 is 17.6 Å². The Hall–Kier alpha value is -1.22. The standard InChI is InChI=1S/C11H11ClO3/c12-7-4-5-10(9(6-7)11(13)14)15-8-2-1-3-8/h4-6,8H,1-3H2,(H,13,14). The highest BCUT2D eigenvalue weighted by atomic mass is 35.5. The van der Waals surface area contributed by atoms with Gasteiger partial charge in [0.25, 0.3) is 0 Å². The summed E-state index contributed by atoms with van der Waals surface area (Å²) >= 11 is 5.73. The molecule has 0 unspecified atom stereocenters. The van der Waals surface area contributed by atoms with E-state index in [2.05, 4.69) is 0 Å². The molecule has 0 heterocycles. The van der Waals surface area contributed by atoms with Crippen LogP contribution in [0, 0.1) is 0 Å². The maximum absolute atomic E-state index is 10.9. The third-order valence-corrected chi connectivity index (χ3v) is 2.75. The van der Waals surface area contributed by atoms with Crippen LogP contribution in [0.2, 0.25) is 5.02 Å². The second kappa shape index (κ2) is 4.11. The predicted octanol–water partition coefficient (Wildman–Crippen LogP) is 2.97. The molecule has 1 N–H and O–H groups in total. The molecule has 0 bridgehead atoms. The van der Waals surface area contributed by atoms with Gasteiger partial charge in [0.15, 0.2) is 0 Å². The van der Waals surface area contributed by atoms with E-state index >= 15 is 0 Å². The number of halogens is 1. The monoisotopic (exact) mass is 226 g/mol. The largest absolute Gasteiger partial charge is 0.490 e. The van der Waals surface area contributed by atoms with Crippen LogP contribution in [-0.4, -0.2) is 17.2 Å². The number of rotatable bonds is 3. The third-order valence-electron chi connectivity index (χ3n) is 2.52. The van der Waals surface area contributed by atoms with E-state index in [9.17, 15) is 4.79 Å². The maximum atomic E-state index is 10.9. The molecule has 0 saturated heterocycles. The summed E-state index contributed by atoms with van der Waals surface area (Å²) in [6.07, 6.45) is 3.33. The summed E-state index contributed by atoms with van der Waals surface area (Å²) in [7, 11) is 0. The van der Waals surface area contributed by atoms with E-state index in [1.807, 2.05) is 0 Å². The zero-order valence-corrected chi connectivity index (χ0v) is 8.83. The molecular formula is C11H11ClO3. The lowest BCUT2D eigenvalue weighted by Crippen LogP contribution is -2.25. The van der Waals surface area contributed by atoms with Gasteiger partial charge in [0, 0.05) is 5.02 Å². The van der Waals surface area contributed by atoms with E-state index in [1.54, 1.807) is 12.1 Å². The van der Waals surface area contributed by atoms with E-state index in [0.29, 0.717) is 10.8 Å². The van der Waals surface area contributed by atoms with Gasteiger partial charge in [0.1, 0.15) is 11.3 Å². The van der Waals surface area contributed by atoms with Crippen molar-refractivity contribution in [3.05, 3.63) is 28.8 Å². The Labute approximate surface area is 92.6 Å². The average Bonchev–Trinajstić information content (AvgIpc) is 2.12. The minimum Gasteiger partial charge on any atom is -0.490 e. The average molecular weight is 227 g/mol. The molecule has 4 heteroatoms. The molecule has 1 aromatic carbocycles. The van der Waals surface area contributed by atoms with Crippen molar-refractivity contribution in [2.45, 2.75) is 25.4 Å². The number of aromatic carboxylic acids is 1. The Bertz CT molecular complexity index is 385. The Morgan fingerprint density at radius 2 is 2.20 bits per heavy atom. The molecule has 1 fully saturated rings. The smallest absolute Gasteiger partial charge is 0.339 e. The van der Waals surface area contributed by atoms with Gasteiger partial charge in [-0.2, -0.15) is 0 Å². The van der Waals surface area contributed by atoms with Gasteiger partial charge in [-0.1, -0.05) is 11.6 Å². The highest BCUT2D eigenvalue weighted by molar-refractivity contribution is 6.31. The molecule has 80 valence electrons. The lowest BCUT2D eigenvalue weighted by Gasteiger charge is -2.27. The highest BCUT2D eigenvalue weighted by Crippen LogP contribution is 2.29. The van der Waals surface area contributed by atoms with Gasteiger partial charge in [-0.15, -0.1) is 0 Å². The van der Waals surface area contributed by atoms with Crippen molar-refractivity contribution in [2.75, 3.05) is 0 Å². The highest BCUT2D eigenvalue weighted by Gasteiger charge is 2.21. The zero-order valence-electron chi connectivity index (χ0n) is 8.07. The number of hydrogen-bond acceptors (Lipinski definition) is 2. The lowest BCUT2D eigenvalue weighted by atomic mass is 9.96. The minimum atomic E-state index is -1.01. The Kier molecular flexibility index (Phi) is 2.82. The fourth-order valence-corrected chi connectivity index (χ4v) is 1.61. The molecule has 0 atom stereocenters. The molecule has 1 aromatic rings. The van der Waals surface area contributed by atoms with Gasteiger partial charge < -0.3 is 9.84 Å². The van der Waals surface area contributed by atoms with Crippen molar-refractivity contribution in [3.8, 4) is 5.75 Å². The fourth-order valence-electron chi connectivity index (χ4n) is 1.44. The molecule has 15 heavy (non-hydrogen) atoms. The van der Waals surface area contributed by atoms with Gasteiger partial charge >= 0.3 is 5.97 Å². The Morgan fingerprint density at radius 3 is 2.73 bits per heavy atom. The van der Waals surface area contributed by atoms with Crippen molar-refractivity contribution in [1.82, 2.24) is 0 Å². The topological polar surface area (TPSA) is 46.5 Å². The molecule has 0 spiro atoms. The molecule has 0 amide bonds. The van der Waals surface area contributed by atoms with E-state index in [4.69, 9.17) is 21.4 Å². The van der Waals surface area contributed by atoms with E-state index in [-0.39, 0.29) is 11.7 Å². The molecule has 1 saturated carbocycles. The number of hydrogen-bond donors (Lipinski definition) is 1. The summed E-state index contributed by atoms with van der Waals surface area (Å²) < 4.78 is 5.56. The van der Waals surface area contributed by atoms with Crippen LogP contribution < -0.4 is 4.74 Å². The van der Waals surface area contributed by atoms with Crippen LogP contribution in [0.1, 0.15) is 29.6 Å². The maximum Gasteiger partial charge on any atom is 0.339 e. The summed E-state index contributed by atoms with van der Waals surface area (Å²) in [5, 5.41) is 9.37. The second-order valence-electron chi connectivity index (χ2n) is 3.62. The van der Waals surface area contributed by atoms with E-state index in [0.717, 1.165) is 19.3 Å². The molecule has 1 aliphatic carbocycles. The van der Waals surface area contributed by atoms with Crippen LogP contribution in [0.3, 0.4) is 0 Å². The predicted molar refractivity (Wildman–Crippen MR) is 56.7 cm³/mol. The van der Waals surface area contributed by atoms with Crippen molar-refractivity contribution < 1.29 is 14.6 Å². The fraction of sp³-hybridized carbons (Fsp3) is 0.364. The van der Waals surface area contributed by atoms with Crippen LogP contribution in [-0.2, 0) is 0 Å². The molecule has 2 rings (SSSR count). The summed E-state index contributed by atoms with van der Waals surface area (Å²) in [4.78, 5) is 10.9. The first-order chi connectivity index (χ1) is 7.16. The number of carboxylic acids is 1. The first-order valence-electron chi connectivity index (χ1n) is 4.86. The van der Waals surface area contributed by atoms with Crippen molar-refractivity contribution in [1.29, 1.82) is 0 Å². The number of carbonyl (C=O) groups is 1. The van der Waals surface area contributed by atoms with Gasteiger partial charge in [0.05, 0.1) is 6.10 Å². The summed E-state index contributed by atoms with van der Waals surface area (Å²) in [6.45, 7) is 0. The van der Waals surface area contributed by atoms with Gasteiger partial charge in [-0.25, -0.2) is 4.79 Å². The third kappa shape index (κ3) is 2.23. The quantitative estimate of drug-likeness (QED) is 0.862. The molecule has 3 nitrogen and oxygen atoms in total. The molecule has 1 aliphatic rings. The minimum absolute atomic E-state index is 0.134. The van der Waals surface area contributed by atoms with Gasteiger partial charge in [-0.3, -0.25) is 0 Å². The molecule has 0 aromatic heterocycles. The first-order valence-corrected chi connectivity index (χ1v) is 5.24. The van der Waals surface area contributed by atoms with Crippen LogP contribution in [0.5, 0.6) is 5.75 Å². The summed E-state index contributed by atoms with van der Waals surface area (Å²) in [5.74, 6) is -0.594. The molecule has 0 radical (unpaired) electrons. The van der Waals surface area contributed by atoms with E-state index < -0.39 is 5.97 Å². The SMILES string of the molecule is O=C(O)c1cc(Cl)ccc1OC1CCC1. The molecular weight excluding hydrogens is 216 g/mol. The van der Waals surface area contributed by atoms with Crippen LogP contribution in [0.15, 0.2) is 18.2 Å². The summed E-state index contributed by atoms with van der Waals surface area (Å²) in [5.41, 5.74) is 0.134. The van der Waals surface area contributed by atoms with Crippen LogP contribution in [0.4, 0.5) is 0 Å². The molecule has 0 aliphatic heterocycles. The van der Waals surface area contributed by atoms with Gasteiger partial charge in [-0.05, 0) is 37.5 Å². The van der Waals surface area contributed by atoms with E-state index in [1.165, 1.54) is 6.07 Å². The van der Waals surface area contributed by atoms with Crippen LogP contribution in [0.25, 0.3) is 0 Å². The zero-order chi connectivity index (χ0) is 10.8. The summed E-state index contributed by atoms with van der Waals surface area (Å²) in [6, 6.07) is 4.67. The number of benzene rings is 1. The van der Waals surface area contributed by atoms with Crippen molar-refractivity contribution in [2.24, 2.45) is 0 Å². The Morgan fingerprint density at radius 1 is 1.47 bits per heavy atom. The number of carboxylic acid groups (broad SMARTS) is 1. The normalized spacial score (nSPS) is 15.8. The number of ether oxygens (including phenoxy) is 1. The first kappa shape index (κ1) is 10.3.